The van der Waals surface area contributed by atoms with Gasteiger partial charge in [0.2, 0.25) is 0 Å². The molecule has 0 aliphatic heterocycles. The molecule has 0 aliphatic rings. The molecule has 0 aromatic heterocycles. The number of hydrogen-bond acceptors (Lipinski definition) is 4. The summed E-state index contributed by atoms with van der Waals surface area (Å²) in [6.45, 7) is 1.97. The Bertz CT molecular complexity index is 1080. The third kappa shape index (κ3) is 6.21. The number of carboxylic acids is 1. The summed E-state index contributed by atoms with van der Waals surface area (Å²) in [4.78, 5) is 11.0. The Kier molecular flexibility index (Phi) is 8.37. The van der Waals surface area contributed by atoms with Crippen molar-refractivity contribution in [3.05, 3.63) is 85.8 Å². The summed E-state index contributed by atoms with van der Waals surface area (Å²) in [5.74, 6) is 0.598. The fraction of sp³-hybridized carbons (Fsp3) is 0.174. The first-order chi connectivity index (χ1) is 14.8. The molecule has 0 saturated carbocycles. The van der Waals surface area contributed by atoms with E-state index in [0.29, 0.717) is 41.9 Å². The Morgan fingerprint density at radius 1 is 1.10 bits per heavy atom. The largest absolute Gasteiger partial charge is 0.483 e. The van der Waals surface area contributed by atoms with Gasteiger partial charge in [-0.2, -0.15) is 0 Å². The lowest BCUT2D eigenvalue weighted by Crippen LogP contribution is -2.04. The van der Waals surface area contributed by atoms with Crippen LogP contribution in [0.25, 0.3) is 0 Å². The van der Waals surface area contributed by atoms with Gasteiger partial charge in [-0.25, -0.2) is 0 Å². The summed E-state index contributed by atoms with van der Waals surface area (Å²) in [7, 11) is 0. The summed E-state index contributed by atoms with van der Waals surface area (Å²) in [5, 5.41) is 20.1. The molecule has 0 amide bonds. The summed E-state index contributed by atoms with van der Waals surface area (Å²) < 4.78 is 13.5. The third-order valence-corrected chi connectivity index (χ3v) is 5.97. The summed E-state index contributed by atoms with van der Waals surface area (Å²) >= 11 is 9.05. The molecule has 2 N–H and O–H groups in total. The Morgan fingerprint density at radius 2 is 1.81 bits per heavy atom. The van der Waals surface area contributed by atoms with Gasteiger partial charge in [0, 0.05) is 11.6 Å². The number of carboxylic acid groups (broad SMARTS) is 1. The Morgan fingerprint density at radius 3 is 2.42 bits per heavy atom. The minimum absolute atomic E-state index is 0.103. The fourth-order valence-corrected chi connectivity index (χ4v) is 4.90. The molecule has 5 nitrogen and oxygen atoms in total. The van der Waals surface area contributed by atoms with E-state index in [1.807, 2.05) is 31.2 Å². The molecular weight excluding hydrogens is 643 g/mol. The van der Waals surface area contributed by atoms with Gasteiger partial charge >= 0.3 is 5.97 Å². The standard InChI is InChI=1S/C23H19Br2IO5/c1-13-3-2-4-15(7-13)22(29)17-6-5-16(30-12-26)11-20(17)31-23-18(24)8-14(9-19(23)25)10-21(27)28/h2-9,11,22,29H,10,12H2,1H3,(H,27,28). The number of ether oxygens (including phenoxy) is 2. The highest BCUT2D eigenvalue weighted by Gasteiger charge is 2.20. The van der Waals surface area contributed by atoms with E-state index in [-0.39, 0.29) is 6.42 Å². The smallest absolute Gasteiger partial charge is 0.307 e. The topological polar surface area (TPSA) is 76.0 Å². The highest BCUT2D eigenvalue weighted by Crippen LogP contribution is 2.42. The maximum atomic E-state index is 11.1. The monoisotopic (exact) mass is 660 g/mol. The lowest BCUT2D eigenvalue weighted by atomic mass is 9.99. The number of aliphatic carboxylic acids is 1. The van der Waals surface area contributed by atoms with Crippen molar-refractivity contribution in [1.29, 1.82) is 0 Å². The number of hydrogen-bond donors (Lipinski definition) is 2. The van der Waals surface area contributed by atoms with Crippen molar-refractivity contribution in [3.63, 3.8) is 0 Å². The minimum Gasteiger partial charge on any atom is -0.483 e. The highest BCUT2D eigenvalue weighted by atomic mass is 127. The van der Waals surface area contributed by atoms with Crippen LogP contribution < -0.4 is 9.47 Å². The Hall–Kier alpha value is -1.62. The second-order valence-corrected chi connectivity index (χ2v) is 9.16. The van der Waals surface area contributed by atoms with Gasteiger partial charge in [-0.1, -0.05) is 29.8 Å². The summed E-state index contributed by atoms with van der Waals surface area (Å²) in [6, 6.07) is 16.4. The molecule has 3 aromatic carbocycles. The van der Waals surface area contributed by atoms with Crippen LogP contribution >= 0.6 is 54.5 Å². The molecule has 0 fully saturated rings. The van der Waals surface area contributed by atoms with Gasteiger partial charge < -0.3 is 19.7 Å². The van der Waals surface area contributed by atoms with Crippen LogP contribution in [-0.4, -0.2) is 20.8 Å². The normalized spacial score (nSPS) is 11.8. The van der Waals surface area contributed by atoms with Crippen LogP contribution in [0.4, 0.5) is 0 Å². The number of carbonyl (C=O) groups is 1. The van der Waals surface area contributed by atoms with Crippen LogP contribution in [0.1, 0.15) is 28.4 Å². The van der Waals surface area contributed by atoms with E-state index in [1.54, 1.807) is 30.3 Å². The molecule has 0 spiro atoms. The maximum Gasteiger partial charge on any atom is 0.307 e. The average Bonchev–Trinajstić information content (AvgIpc) is 2.70. The molecule has 162 valence electrons. The van der Waals surface area contributed by atoms with E-state index >= 15 is 0 Å². The van der Waals surface area contributed by atoms with Crippen molar-refractivity contribution in [1.82, 2.24) is 0 Å². The van der Waals surface area contributed by atoms with Crippen molar-refractivity contribution in [2.45, 2.75) is 19.4 Å². The SMILES string of the molecule is Cc1cccc(C(O)c2ccc(OCI)cc2Oc2c(Br)cc(CC(=O)O)cc2Br)c1. The predicted molar refractivity (Wildman–Crippen MR) is 134 cm³/mol. The number of rotatable bonds is 8. The molecule has 31 heavy (non-hydrogen) atoms. The highest BCUT2D eigenvalue weighted by molar-refractivity contribution is 14.1. The Labute approximate surface area is 210 Å². The van der Waals surface area contributed by atoms with Crippen molar-refractivity contribution < 1.29 is 24.5 Å². The molecule has 0 bridgehead atoms. The molecule has 0 saturated heterocycles. The first kappa shape index (κ1) is 24.0. The molecule has 3 rings (SSSR count). The number of aryl methyl sites for hydroxylation is 1. The van der Waals surface area contributed by atoms with E-state index in [0.717, 1.165) is 11.1 Å². The number of benzene rings is 3. The van der Waals surface area contributed by atoms with Gasteiger partial charge in [0.1, 0.15) is 22.2 Å². The molecule has 0 aliphatic carbocycles. The number of aliphatic hydroxyl groups excluding tert-OH is 1. The van der Waals surface area contributed by atoms with Gasteiger partial charge in [-0.15, -0.1) is 0 Å². The molecule has 8 heteroatoms. The minimum atomic E-state index is -0.917. The van der Waals surface area contributed by atoms with Crippen LogP contribution in [0.3, 0.4) is 0 Å². The first-order valence-corrected chi connectivity index (χ1v) is 12.3. The van der Waals surface area contributed by atoms with E-state index in [1.165, 1.54) is 0 Å². The molecule has 1 atom stereocenters. The second-order valence-electron chi connectivity index (χ2n) is 6.83. The predicted octanol–water partition coefficient (Wildman–Crippen LogP) is 6.79. The zero-order valence-electron chi connectivity index (χ0n) is 16.4. The second kappa shape index (κ2) is 10.8. The summed E-state index contributed by atoms with van der Waals surface area (Å²) in [6.07, 6.45) is -0.999. The molecule has 3 aromatic rings. The fourth-order valence-electron chi connectivity index (χ4n) is 3.10. The van der Waals surface area contributed by atoms with Gasteiger partial charge in [0.25, 0.3) is 0 Å². The lowest BCUT2D eigenvalue weighted by Gasteiger charge is -2.19. The van der Waals surface area contributed by atoms with Crippen LogP contribution in [-0.2, 0) is 11.2 Å². The van der Waals surface area contributed by atoms with E-state index in [9.17, 15) is 9.90 Å². The molecule has 1 unspecified atom stereocenters. The van der Waals surface area contributed by atoms with Gasteiger partial charge in [0.05, 0.1) is 15.4 Å². The van der Waals surface area contributed by atoms with Gasteiger partial charge in [-0.3, -0.25) is 4.79 Å². The van der Waals surface area contributed by atoms with Gasteiger partial charge in [-0.05, 0) is 96.8 Å². The third-order valence-electron chi connectivity index (χ3n) is 4.48. The number of halogens is 3. The van der Waals surface area contributed by atoms with Crippen LogP contribution in [0, 0.1) is 6.92 Å². The zero-order chi connectivity index (χ0) is 22.5. The van der Waals surface area contributed by atoms with Crippen molar-refractivity contribution >= 4 is 60.4 Å². The van der Waals surface area contributed by atoms with Crippen molar-refractivity contribution in [2.75, 3.05) is 4.61 Å². The molecule has 0 heterocycles. The van der Waals surface area contributed by atoms with Crippen molar-refractivity contribution in [3.8, 4) is 17.2 Å². The van der Waals surface area contributed by atoms with Crippen molar-refractivity contribution in [2.24, 2.45) is 0 Å². The Balaban J connectivity index is 2.03. The van der Waals surface area contributed by atoms with Crippen LogP contribution in [0.2, 0.25) is 0 Å². The lowest BCUT2D eigenvalue weighted by molar-refractivity contribution is -0.136. The van der Waals surface area contributed by atoms with E-state index in [2.05, 4.69) is 54.5 Å². The first-order valence-electron chi connectivity index (χ1n) is 9.23. The average molecular weight is 662 g/mol. The van der Waals surface area contributed by atoms with Crippen LogP contribution in [0.5, 0.6) is 17.2 Å². The molecular formula is C23H19Br2IO5. The quantitative estimate of drug-likeness (QED) is 0.205. The summed E-state index contributed by atoms with van der Waals surface area (Å²) in [5.41, 5.74) is 3.01. The van der Waals surface area contributed by atoms with E-state index < -0.39 is 12.1 Å². The number of alkyl halides is 1. The molecule has 0 radical (unpaired) electrons. The number of aliphatic hydroxyl groups is 1. The zero-order valence-corrected chi connectivity index (χ0v) is 21.8. The van der Waals surface area contributed by atoms with Gasteiger partial charge in [0.15, 0.2) is 5.75 Å². The maximum absolute atomic E-state index is 11.1. The van der Waals surface area contributed by atoms with E-state index in [4.69, 9.17) is 14.6 Å². The van der Waals surface area contributed by atoms with Crippen LogP contribution in [0.15, 0.2) is 63.5 Å².